The van der Waals surface area contributed by atoms with Crippen molar-refractivity contribution in [2.24, 2.45) is 5.73 Å². The lowest BCUT2D eigenvalue weighted by Crippen LogP contribution is -2.12. The number of benzene rings is 1. The molecule has 1 aromatic carbocycles. The van der Waals surface area contributed by atoms with Crippen molar-refractivity contribution in [3.05, 3.63) is 34.9 Å². The van der Waals surface area contributed by atoms with E-state index in [0.717, 1.165) is 6.07 Å². The van der Waals surface area contributed by atoms with E-state index in [1.54, 1.807) is 6.07 Å². The van der Waals surface area contributed by atoms with Gasteiger partial charge in [0.15, 0.2) is 0 Å². The average Bonchev–Trinajstić information content (AvgIpc) is 2.17. The van der Waals surface area contributed by atoms with E-state index in [0.29, 0.717) is 24.0 Å². The fourth-order valence-corrected chi connectivity index (χ4v) is 1.64. The number of alkyl halides is 3. The third-order valence-electron chi connectivity index (χ3n) is 2.30. The summed E-state index contributed by atoms with van der Waals surface area (Å²) in [5.41, 5.74) is 5.81. The lowest BCUT2D eigenvalue weighted by atomic mass is 9.97. The van der Waals surface area contributed by atoms with Gasteiger partial charge in [0.25, 0.3) is 0 Å². The van der Waals surface area contributed by atoms with E-state index < -0.39 is 11.7 Å². The van der Waals surface area contributed by atoms with Crippen LogP contribution >= 0.6 is 0 Å². The molecule has 0 saturated heterocycles. The minimum atomic E-state index is -4.28. The summed E-state index contributed by atoms with van der Waals surface area (Å²) in [6.45, 7) is 2.01. The predicted molar refractivity (Wildman–Crippen MR) is 53.3 cm³/mol. The molecule has 84 valence electrons. The van der Waals surface area contributed by atoms with Crippen molar-refractivity contribution >= 4 is 0 Å². The first kappa shape index (κ1) is 12.0. The van der Waals surface area contributed by atoms with Crippen LogP contribution in [0.3, 0.4) is 0 Å². The minimum Gasteiger partial charge on any atom is -0.326 e. The normalized spacial score (nSPS) is 11.8. The first-order valence-electron chi connectivity index (χ1n) is 4.88. The Hall–Kier alpha value is -1.03. The second kappa shape index (κ2) is 4.66. The zero-order valence-corrected chi connectivity index (χ0v) is 8.56. The molecule has 0 amide bonds. The molecule has 0 radical (unpaired) electrons. The van der Waals surface area contributed by atoms with Gasteiger partial charge in [-0.1, -0.05) is 25.5 Å². The molecule has 0 heterocycles. The summed E-state index contributed by atoms with van der Waals surface area (Å²) in [6, 6.07) is 4.18. The molecule has 0 aliphatic rings. The zero-order chi connectivity index (χ0) is 11.5. The highest BCUT2D eigenvalue weighted by Gasteiger charge is 2.33. The highest BCUT2D eigenvalue weighted by molar-refractivity contribution is 5.37. The Kier molecular flexibility index (Phi) is 3.74. The molecule has 2 N–H and O–H groups in total. The Bertz CT molecular complexity index is 331. The van der Waals surface area contributed by atoms with Crippen LogP contribution in [0, 0.1) is 0 Å². The van der Waals surface area contributed by atoms with Gasteiger partial charge in [0, 0.05) is 6.54 Å². The molecule has 1 nitrogen and oxygen atoms in total. The van der Waals surface area contributed by atoms with Crippen molar-refractivity contribution < 1.29 is 13.2 Å². The van der Waals surface area contributed by atoms with E-state index in [1.165, 1.54) is 6.07 Å². The predicted octanol–water partition coefficient (Wildman–Crippen LogP) is 3.12. The summed E-state index contributed by atoms with van der Waals surface area (Å²) in [4.78, 5) is 0. The maximum atomic E-state index is 12.6. The summed E-state index contributed by atoms with van der Waals surface area (Å²) >= 11 is 0. The van der Waals surface area contributed by atoms with Gasteiger partial charge in [-0.3, -0.25) is 0 Å². The van der Waals surface area contributed by atoms with Gasteiger partial charge in [0.1, 0.15) is 0 Å². The summed E-state index contributed by atoms with van der Waals surface area (Å²) in [6.07, 6.45) is -3.18. The molecule has 0 unspecified atom stereocenters. The summed E-state index contributed by atoms with van der Waals surface area (Å²) in [7, 11) is 0. The fraction of sp³-hybridized carbons (Fsp3) is 0.455. The summed E-state index contributed by atoms with van der Waals surface area (Å²) in [5, 5.41) is 0. The number of halogens is 3. The molecule has 0 spiro atoms. The first-order valence-corrected chi connectivity index (χ1v) is 4.88. The summed E-state index contributed by atoms with van der Waals surface area (Å²) in [5.74, 6) is 0. The van der Waals surface area contributed by atoms with E-state index in [1.807, 2.05) is 6.92 Å². The average molecular weight is 217 g/mol. The van der Waals surface area contributed by atoms with E-state index in [4.69, 9.17) is 5.73 Å². The van der Waals surface area contributed by atoms with E-state index in [2.05, 4.69) is 0 Å². The molecular formula is C11H14F3N. The van der Waals surface area contributed by atoms with Crippen LogP contribution in [0.4, 0.5) is 13.2 Å². The van der Waals surface area contributed by atoms with E-state index in [-0.39, 0.29) is 6.54 Å². The van der Waals surface area contributed by atoms with Gasteiger partial charge in [-0.25, -0.2) is 0 Å². The van der Waals surface area contributed by atoms with Gasteiger partial charge < -0.3 is 5.73 Å². The van der Waals surface area contributed by atoms with Crippen molar-refractivity contribution in [2.75, 3.05) is 0 Å². The molecule has 0 fully saturated rings. The number of hydrogen-bond donors (Lipinski definition) is 1. The van der Waals surface area contributed by atoms with Crippen molar-refractivity contribution in [3.8, 4) is 0 Å². The van der Waals surface area contributed by atoms with Gasteiger partial charge >= 0.3 is 6.18 Å². The van der Waals surface area contributed by atoms with Gasteiger partial charge in [-0.15, -0.1) is 0 Å². The third-order valence-corrected chi connectivity index (χ3v) is 2.30. The molecule has 15 heavy (non-hydrogen) atoms. The Morgan fingerprint density at radius 2 is 1.93 bits per heavy atom. The van der Waals surface area contributed by atoms with Crippen LogP contribution in [0.2, 0.25) is 0 Å². The molecule has 4 heteroatoms. The highest BCUT2D eigenvalue weighted by Crippen LogP contribution is 2.33. The summed E-state index contributed by atoms with van der Waals surface area (Å²) < 4.78 is 37.9. The maximum absolute atomic E-state index is 12.6. The quantitative estimate of drug-likeness (QED) is 0.827. The Morgan fingerprint density at radius 3 is 2.40 bits per heavy atom. The van der Waals surface area contributed by atoms with Crippen LogP contribution in [0.5, 0.6) is 0 Å². The van der Waals surface area contributed by atoms with Crippen LogP contribution in [0.1, 0.15) is 30.0 Å². The minimum absolute atomic E-state index is 0.152. The molecule has 0 bridgehead atoms. The van der Waals surface area contributed by atoms with E-state index in [9.17, 15) is 13.2 Å². The number of rotatable bonds is 3. The molecule has 0 atom stereocenters. The lowest BCUT2D eigenvalue weighted by molar-refractivity contribution is -0.138. The highest BCUT2D eigenvalue weighted by atomic mass is 19.4. The Morgan fingerprint density at radius 1 is 1.27 bits per heavy atom. The number of hydrogen-bond acceptors (Lipinski definition) is 1. The van der Waals surface area contributed by atoms with Crippen LogP contribution in [-0.2, 0) is 19.1 Å². The molecule has 0 aliphatic heterocycles. The van der Waals surface area contributed by atoms with Gasteiger partial charge in [-0.2, -0.15) is 13.2 Å². The SMILES string of the molecule is CCCc1c(CN)cccc1C(F)(F)F. The molecule has 0 aromatic heterocycles. The molecule has 1 aromatic rings. The van der Waals surface area contributed by atoms with Crippen molar-refractivity contribution in [1.82, 2.24) is 0 Å². The maximum Gasteiger partial charge on any atom is 0.416 e. The molecule has 1 rings (SSSR count). The van der Waals surface area contributed by atoms with Crippen molar-refractivity contribution in [1.29, 1.82) is 0 Å². The van der Waals surface area contributed by atoms with Gasteiger partial charge in [0.05, 0.1) is 5.56 Å². The fourth-order valence-electron chi connectivity index (χ4n) is 1.64. The smallest absolute Gasteiger partial charge is 0.326 e. The van der Waals surface area contributed by atoms with Crippen LogP contribution in [0.25, 0.3) is 0 Å². The second-order valence-electron chi connectivity index (χ2n) is 3.40. The largest absolute Gasteiger partial charge is 0.416 e. The second-order valence-corrected chi connectivity index (χ2v) is 3.40. The van der Waals surface area contributed by atoms with Gasteiger partial charge in [-0.05, 0) is 23.6 Å². The van der Waals surface area contributed by atoms with Gasteiger partial charge in [0.2, 0.25) is 0 Å². The Labute approximate surface area is 87.1 Å². The van der Waals surface area contributed by atoms with Crippen LogP contribution in [-0.4, -0.2) is 0 Å². The molecule has 0 saturated carbocycles. The van der Waals surface area contributed by atoms with Crippen LogP contribution < -0.4 is 5.73 Å². The topological polar surface area (TPSA) is 26.0 Å². The number of nitrogens with two attached hydrogens (primary N) is 1. The first-order chi connectivity index (χ1) is 7.00. The van der Waals surface area contributed by atoms with E-state index >= 15 is 0 Å². The van der Waals surface area contributed by atoms with Crippen molar-refractivity contribution in [3.63, 3.8) is 0 Å². The standard InChI is InChI=1S/C11H14F3N/c1-2-4-9-8(7-15)5-3-6-10(9)11(12,13)14/h3,5-6H,2,4,7,15H2,1H3. The third kappa shape index (κ3) is 2.72. The molecular weight excluding hydrogens is 203 g/mol. The molecule has 0 aliphatic carbocycles. The van der Waals surface area contributed by atoms with Crippen molar-refractivity contribution in [2.45, 2.75) is 32.5 Å². The zero-order valence-electron chi connectivity index (χ0n) is 8.56. The Balaban J connectivity index is 3.25. The lowest BCUT2D eigenvalue weighted by Gasteiger charge is -2.15. The monoisotopic (exact) mass is 217 g/mol. The van der Waals surface area contributed by atoms with Crippen LogP contribution in [0.15, 0.2) is 18.2 Å².